The Hall–Kier alpha value is -2.96. The average Bonchev–Trinajstić information content (AvgIpc) is 2.59. The minimum Gasteiger partial charge on any atom is -0.458 e. The number of carbonyl (C=O) groups excluding carboxylic acids is 2. The standard InChI is InChI=1S/C20H26N4O3/c1-13(2)17(19(26)27-20(3,4)5)22-16-12-11-15(23-24-16)18(25)21-14-9-7-6-8-10-14/h6-13,17H,1-5H3,(H,21,25)(H,22,24)/t17-/m1/s1. The third-order valence-electron chi connectivity index (χ3n) is 3.56. The van der Waals surface area contributed by atoms with Crippen LogP contribution in [0.4, 0.5) is 11.5 Å². The number of nitrogens with zero attached hydrogens (tertiary/aromatic N) is 2. The number of amides is 1. The maximum atomic E-state index is 12.4. The highest BCUT2D eigenvalue weighted by atomic mass is 16.6. The number of anilines is 2. The second-order valence-corrected chi connectivity index (χ2v) is 7.52. The topological polar surface area (TPSA) is 93.2 Å². The number of esters is 1. The van der Waals surface area contributed by atoms with Crippen LogP contribution in [-0.4, -0.2) is 33.7 Å². The molecule has 0 aliphatic carbocycles. The zero-order chi connectivity index (χ0) is 20.0. The number of hydrogen-bond acceptors (Lipinski definition) is 6. The van der Waals surface area contributed by atoms with E-state index in [-0.39, 0.29) is 23.5 Å². The number of para-hydroxylation sites is 1. The number of ether oxygens (including phenoxy) is 1. The Morgan fingerprint density at radius 1 is 1.00 bits per heavy atom. The molecule has 2 rings (SSSR count). The monoisotopic (exact) mass is 370 g/mol. The van der Waals surface area contributed by atoms with Gasteiger partial charge in [-0.3, -0.25) is 4.79 Å². The summed E-state index contributed by atoms with van der Waals surface area (Å²) >= 11 is 0. The van der Waals surface area contributed by atoms with Gasteiger partial charge in [-0.2, -0.15) is 0 Å². The van der Waals surface area contributed by atoms with Crippen LogP contribution in [0.1, 0.15) is 45.1 Å². The Balaban J connectivity index is 2.04. The highest BCUT2D eigenvalue weighted by Crippen LogP contribution is 2.16. The first-order valence-electron chi connectivity index (χ1n) is 8.85. The second kappa shape index (κ2) is 8.62. The van der Waals surface area contributed by atoms with Crippen molar-refractivity contribution in [2.45, 2.75) is 46.3 Å². The van der Waals surface area contributed by atoms with E-state index < -0.39 is 11.6 Å². The molecule has 27 heavy (non-hydrogen) atoms. The highest BCUT2D eigenvalue weighted by molar-refractivity contribution is 6.02. The van der Waals surface area contributed by atoms with Crippen LogP contribution < -0.4 is 10.6 Å². The number of benzene rings is 1. The first kappa shape index (κ1) is 20.4. The maximum absolute atomic E-state index is 12.4. The van der Waals surface area contributed by atoms with Gasteiger partial charge >= 0.3 is 5.97 Å². The number of hydrogen-bond donors (Lipinski definition) is 2. The van der Waals surface area contributed by atoms with E-state index in [1.54, 1.807) is 24.3 Å². The molecule has 144 valence electrons. The van der Waals surface area contributed by atoms with Crippen LogP contribution in [-0.2, 0) is 9.53 Å². The first-order chi connectivity index (χ1) is 12.7. The summed E-state index contributed by atoms with van der Waals surface area (Å²) in [5, 5.41) is 13.7. The van der Waals surface area contributed by atoms with Gasteiger partial charge in [0.2, 0.25) is 0 Å². The van der Waals surface area contributed by atoms with Crippen molar-refractivity contribution in [3.63, 3.8) is 0 Å². The van der Waals surface area contributed by atoms with E-state index in [0.717, 1.165) is 0 Å². The maximum Gasteiger partial charge on any atom is 0.329 e. The van der Waals surface area contributed by atoms with Gasteiger partial charge in [-0.15, -0.1) is 10.2 Å². The van der Waals surface area contributed by atoms with E-state index in [1.807, 2.05) is 52.8 Å². The molecule has 0 radical (unpaired) electrons. The molecule has 0 bridgehead atoms. The zero-order valence-electron chi connectivity index (χ0n) is 16.3. The summed E-state index contributed by atoms with van der Waals surface area (Å²) in [6, 6.07) is 11.7. The van der Waals surface area contributed by atoms with Crippen LogP contribution in [0.2, 0.25) is 0 Å². The molecular formula is C20H26N4O3. The molecule has 0 saturated carbocycles. The van der Waals surface area contributed by atoms with Crippen molar-refractivity contribution < 1.29 is 14.3 Å². The van der Waals surface area contributed by atoms with Gasteiger partial charge in [0.05, 0.1) is 0 Å². The molecule has 1 aromatic heterocycles. The fraction of sp³-hybridized carbons (Fsp3) is 0.400. The third-order valence-corrected chi connectivity index (χ3v) is 3.56. The fourth-order valence-electron chi connectivity index (χ4n) is 2.27. The van der Waals surface area contributed by atoms with Gasteiger partial charge in [0, 0.05) is 5.69 Å². The molecule has 7 nitrogen and oxygen atoms in total. The SMILES string of the molecule is CC(C)[C@@H](Nc1ccc(C(=O)Nc2ccccc2)nn1)C(=O)OC(C)(C)C. The zero-order valence-corrected chi connectivity index (χ0v) is 16.3. The second-order valence-electron chi connectivity index (χ2n) is 7.52. The predicted octanol–water partition coefficient (Wildman–Crippen LogP) is 3.51. The lowest BCUT2D eigenvalue weighted by molar-refractivity contribution is -0.156. The Morgan fingerprint density at radius 3 is 2.19 bits per heavy atom. The molecule has 7 heteroatoms. The van der Waals surface area contributed by atoms with Crippen LogP contribution in [0.15, 0.2) is 42.5 Å². The van der Waals surface area contributed by atoms with E-state index >= 15 is 0 Å². The van der Waals surface area contributed by atoms with Crippen molar-refractivity contribution in [2.75, 3.05) is 10.6 Å². The molecule has 0 fully saturated rings. The molecule has 1 aromatic carbocycles. The molecule has 0 aliphatic rings. The van der Waals surface area contributed by atoms with E-state index in [1.165, 1.54) is 0 Å². The predicted molar refractivity (Wildman–Crippen MR) is 105 cm³/mol. The van der Waals surface area contributed by atoms with Crippen molar-refractivity contribution in [1.29, 1.82) is 0 Å². The van der Waals surface area contributed by atoms with Gasteiger partial charge in [0.1, 0.15) is 17.5 Å². The minimum atomic E-state index is -0.572. The number of carbonyl (C=O) groups is 2. The first-order valence-corrected chi connectivity index (χ1v) is 8.85. The molecule has 2 aromatic rings. The quantitative estimate of drug-likeness (QED) is 0.756. The Labute approximate surface area is 159 Å². The summed E-state index contributed by atoms with van der Waals surface area (Å²) in [5.41, 5.74) is 0.288. The van der Waals surface area contributed by atoms with Crippen LogP contribution >= 0.6 is 0 Å². The Bertz CT molecular complexity index is 768. The number of rotatable bonds is 6. The molecule has 1 atom stereocenters. The fourth-order valence-corrected chi connectivity index (χ4v) is 2.27. The van der Waals surface area contributed by atoms with E-state index in [4.69, 9.17) is 4.74 Å². The van der Waals surface area contributed by atoms with Crippen LogP contribution in [0.25, 0.3) is 0 Å². The Kier molecular flexibility index (Phi) is 6.50. The van der Waals surface area contributed by atoms with E-state index in [2.05, 4.69) is 20.8 Å². The largest absolute Gasteiger partial charge is 0.458 e. The lowest BCUT2D eigenvalue weighted by Crippen LogP contribution is -2.40. The van der Waals surface area contributed by atoms with Crippen molar-refractivity contribution >= 4 is 23.4 Å². The number of nitrogens with one attached hydrogen (secondary N) is 2. The highest BCUT2D eigenvalue weighted by Gasteiger charge is 2.28. The molecule has 0 unspecified atom stereocenters. The van der Waals surface area contributed by atoms with Gasteiger partial charge in [-0.05, 0) is 51.0 Å². The van der Waals surface area contributed by atoms with Crippen molar-refractivity contribution in [1.82, 2.24) is 10.2 Å². The lowest BCUT2D eigenvalue weighted by atomic mass is 10.0. The molecule has 0 spiro atoms. The van der Waals surface area contributed by atoms with Crippen molar-refractivity contribution in [3.05, 3.63) is 48.2 Å². The van der Waals surface area contributed by atoms with E-state index in [0.29, 0.717) is 11.5 Å². The van der Waals surface area contributed by atoms with Crippen molar-refractivity contribution in [2.24, 2.45) is 5.92 Å². The van der Waals surface area contributed by atoms with Crippen LogP contribution in [0, 0.1) is 5.92 Å². The van der Waals surface area contributed by atoms with Crippen molar-refractivity contribution in [3.8, 4) is 0 Å². The molecular weight excluding hydrogens is 344 g/mol. The van der Waals surface area contributed by atoms with Gasteiger partial charge in [0.25, 0.3) is 5.91 Å². The van der Waals surface area contributed by atoms with Gasteiger partial charge in [-0.25, -0.2) is 4.79 Å². The molecule has 0 saturated heterocycles. The molecule has 0 aliphatic heterocycles. The van der Waals surface area contributed by atoms with Gasteiger partial charge in [0.15, 0.2) is 5.69 Å². The van der Waals surface area contributed by atoms with E-state index in [9.17, 15) is 9.59 Å². The summed E-state index contributed by atoms with van der Waals surface area (Å²) in [5.74, 6) is -0.323. The summed E-state index contributed by atoms with van der Waals surface area (Å²) in [6.07, 6.45) is 0. The summed E-state index contributed by atoms with van der Waals surface area (Å²) in [6.45, 7) is 9.29. The average molecular weight is 370 g/mol. The lowest BCUT2D eigenvalue weighted by Gasteiger charge is -2.26. The summed E-state index contributed by atoms with van der Waals surface area (Å²) in [7, 11) is 0. The molecule has 2 N–H and O–H groups in total. The van der Waals surface area contributed by atoms with Crippen LogP contribution in [0.5, 0.6) is 0 Å². The minimum absolute atomic E-state index is 0.0114. The summed E-state index contributed by atoms with van der Waals surface area (Å²) in [4.78, 5) is 24.6. The third kappa shape index (κ3) is 6.36. The van der Waals surface area contributed by atoms with Gasteiger partial charge in [-0.1, -0.05) is 32.0 Å². The Morgan fingerprint density at radius 2 is 1.67 bits per heavy atom. The summed E-state index contributed by atoms with van der Waals surface area (Å²) < 4.78 is 5.45. The smallest absolute Gasteiger partial charge is 0.329 e. The normalized spacial score (nSPS) is 12.4. The van der Waals surface area contributed by atoms with Crippen LogP contribution in [0.3, 0.4) is 0 Å². The number of aromatic nitrogens is 2. The molecule has 1 amide bonds. The molecule has 1 heterocycles. The van der Waals surface area contributed by atoms with Gasteiger partial charge < -0.3 is 15.4 Å².